The highest BCUT2D eigenvalue weighted by atomic mass is 35.5. The van der Waals surface area contributed by atoms with Crippen LogP contribution in [0, 0.1) is 0 Å². The predicted octanol–water partition coefficient (Wildman–Crippen LogP) is 4.42. The topological polar surface area (TPSA) is 86.7 Å². The molecule has 0 bridgehead atoms. The fraction of sp³-hybridized carbons (Fsp3) is 0.323. The van der Waals surface area contributed by atoms with Gasteiger partial charge >= 0.3 is 0 Å². The first-order valence-electron chi connectivity index (χ1n) is 13.5. The minimum Gasteiger partial charge on any atom is -0.493 e. The number of methoxy groups -OCH3 is 2. The van der Waals surface area contributed by atoms with E-state index >= 15 is 0 Å². The van der Waals surface area contributed by atoms with Gasteiger partial charge in [-0.3, -0.25) is 19.5 Å². The Kier molecular flexibility index (Phi) is 8.58. The summed E-state index contributed by atoms with van der Waals surface area (Å²) in [6, 6.07) is 18.3. The predicted molar refractivity (Wildman–Crippen MR) is 162 cm³/mol. The molecule has 2 heterocycles. The number of carbonyl (C=O) groups is 2. The van der Waals surface area contributed by atoms with Crippen molar-refractivity contribution in [1.82, 2.24) is 9.80 Å². The van der Waals surface area contributed by atoms with Crippen LogP contribution in [0.15, 0.2) is 65.7 Å². The molecule has 1 N–H and O–H groups in total. The molecule has 9 nitrogen and oxygen atoms in total. The lowest BCUT2D eigenvalue weighted by molar-refractivity contribution is -0.120. The molecular formula is C31H34ClN5O4. The van der Waals surface area contributed by atoms with Gasteiger partial charge in [-0.05, 0) is 67.2 Å². The third kappa shape index (κ3) is 6.22. The van der Waals surface area contributed by atoms with Crippen LogP contribution in [-0.4, -0.2) is 88.4 Å². The number of benzene rings is 3. The molecule has 10 heteroatoms. The SMILES string of the molecule is COc1ccc(C(=Nc2ccc(N(C)C(=O)CN3CCN(C)CC3)cc2)C2C(=O)Nc3cc(Cl)ccc32)cc1OC. The van der Waals surface area contributed by atoms with E-state index in [2.05, 4.69) is 22.2 Å². The number of amides is 2. The van der Waals surface area contributed by atoms with E-state index in [1.165, 1.54) is 0 Å². The van der Waals surface area contributed by atoms with Crippen LogP contribution in [0.4, 0.5) is 17.1 Å². The highest BCUT2D eigenvalue weighted by Gasteiger charge is 2.36. The van der Waals surface area contributed by atoms with Crippen molar-refractivity contribution in [3.8, 4) is 11.5 Å². The van der Waals surface area contributed by atoms with E-state index < -0.39 is 5.92 Å². The zero-order valence-electron chi connectivity index (χ0n) is 23.7. The summed E-state index contributed by atoms with van der Waals surface area (Å²) in [6.07, 6.45) is 0. The second kappa shape index (κ2) is 12.3. The molecule has 0 radical (unpaired) electrons. The standard InChI is InChI=1S/C31H34ClN5O4/c1-35-13-15-37(16-14-35)19-28(38)36(2)23-9-7-22(8-10-23)33-30(20-5-12-26(40-3)27(17-20)41-4)29-24-11-6-21(32)18-25(24)34-31(29)39/h5-12,17-18,29H,13-16,19H2,1-4H3,(H,34,39). The van der Waals surface area contributed by atoms with Crippen LogP contribution in [0.25, 0.3) is 0 Å². The minimum absolute atomic E-state index is 0.0368. The largest absolute Gasteiger partial charge is 0.493 e. The van der Waals surface area contributed by atoms with Crippen molar-refractivity contribution in [2.75, 3.05) is 71.3 Å². The number of hydrogen-bond donors (Lipinski definition) is 1. The van der Waals surface area contributed by atoms with Gasteiger partial charge in [0.25, 0.3) is 0 Å². The average Bonchev–Trinajstić information content (AvgIpc) is 3.30. The molecule has 3 aromatic carbocycles. The van der Waals surface area contributed by atoms with Crippen LogP contribution in [-0.2, 0) is 9.59 Å². The smallest absolute Gasteiger partial charge is 0.240 e. The Hall–Kier alpha value is -3.92. The van der Waals surface area contributed by atoms with Crippen LogP contribution >= 0.6 is 11.6 Å². The molecule has 2 aliphatic rings. The van der Waals surface area contributed by atoms with Crippen LogP contribution < -0.4 is 19.7 Å². The normalized spacial score (nSPS) is 17.6. The van der Waals surface area contributed by atoms with Crippen molar-refractivity contribution in [3.63, 3.8) is 0 Å². The lowest BCUT2D eigenvalue weighted by Gasteiger charge is -2.32. The molecule has 0 spiro atoms. The van der Waals surface area contributed by atoms with Crippen molar-refractivity contribution in [2.45, 2.75) is 5.92 Å². The summed E-state index contributed by atoms with van der Waals surface area (Å²) in [5, 5.41) is 3.48. The number of hydrogen-bond acceptors (Lipinski definition) is 7. The molecule has 0 aromatic heterocycles. The number of nitrogens with zero attached hydrogens (tertiary/aromatic N) is 4. The summed E-state index contributed by atoms with van der Waals surface area (Å²) in [5.74, 6) is 0.291. The Bertz CT molecular complexity index is 1470. The number of likely N-dealkylation sites (N-methyl/N-ethyl adjacent to an activating group) is 2. The summed E-state index contributed by atoms with van der Waals surface area (Å²) in [6.45, 7) is 4.07. The maximum Gasteiger partial charge on any atom is 0.240 e. The van der Waals surface area contributed by atoms with E-state index in [9.17, 15) is 9.59 Å². The Labute approximate surface area is 245 Å². The fourth-order valence-corrected chi connectivity index (χ4v) is 5.31. The third-order valence-corrected chi connectivity index (χ3v) is 7.85. The Morgan fingerprint density at radius 2 is 1.71 bits per heavy atom. The first-order valence-corrected chi connectivity index (χ1v) is 13.8. The van der Waals surface area contributed by atoms with Gasteiger partial charge in [-0.25, -0.2) is 0 Å². The van der Waals surface area contributed by atoms with Crippen molar-refractivity contribution in [2.24, 2.45) is 4.99 Å². The number of aliphatic imine (C=N–C) groups is 1. The molecule has 3 aromatic rings. The lowest BCUT2D eigenvalue weighted by atomic mass is 9.90. The average molecular weight is 576 g/mol. The maximum absolute atomic E-state index is 13.3. The van der Waals surface area contributed by atoms with Gasteiger partial charge in [0.1, 0.15) is 5.92 Å². The van der Waals surface area contributed by atoms with Crippen molar-refractivity contribution >= 4 is 46.2 Å². The number of halogens is 1. The minimum atomic E-state index is -0.659. The van der Waals surface area contributed by atoms with Gasteiger partial charge in [-0.1, -0.05) is 17.7 Å². The Morgan fingerprint density at radius 3 is 2.39 bits per heavy atom. The van der Waals surface area contributed by atoms with Crippen molar-refractivity contribution < 1.29 is 19.1 Å². The monoisotopic (exact) mass is 575 g/mol. The zero-order valence-corrected chi connectivity index (χ0v) is 24.4. The molecule has 41 heavy (non-hydrogen) atoms. The fourth-order valence-electron chi connectivity index (χ4n) is 5.13. The van der Waals surface area contributed by atoms with E-state index in [-0.39, 0.29) is 11.8 Å². The number of rotatable bonds is 8. The van der Waals surface area contributed by atoms with E-state index in [4.69, 9.17) is 26.1 Å². The number of nitrogens with one attached hydrogen (secondary N) is 1. The lowest BCUT2D eigenvalue weighted by Crippen LogP contribution is -2.48. The third-order valence-electron chi connectivity index (χ3n) is 7.61. The zero-order chi connectivity index (χ0) is 29.1. The first kappa shape index (κ1) is 28.6. The molecule has 1 fully saturated rings. The Balaban J connectivity index is 1.45. The number of piperazine rings is 1. The summed E-state index contributed by atoms with van der Waals surface area (Å²) >= 11 is 6.20. The summed E-state index contributed by atoms with van der Waals surface area (Å²) in [5.41, 5.74) is 4.14. The molecule has 5 rings (SSSR count). The van der Waals surface area contributed by atoms with Crippen LogP contribution in [0.3, 0.4) is 0 Å². The molecule has 2 amide bonds. The van der Waals surface area contributed by atoms with Crippen molar-refractivity contribution in [1.29, 1.82) is 0 Å². The van der Waals surface area contributed by atoms with Gasteiger partial charge in [0, 0.05) is 55.2 Å². The molecule has 0 aliphatic carbocycles. The highest BCUT2D eigenvalue weighted by Crippen LogP contribution is 2.39. The summed E-state index contributed by atoms with van der Waals surface area (Å²) in [4.78, 5) is 37.3. The molecule has 214 valence electrons. The van der Waals surface area contributed by atoms with Crippen LogP contribution in [0.1, 0.15) is 17.0 Å². The summed E-state index contributed by atoms with van der Waals surface area (Å²) < 4.78 is 11.0. The second-order valence-corrected chi connectivity index (χ2v) is 10.7. The second-order valence-electron chi connectivity index (χ2n) is 10.3. The molecule has 1 saturated heterocycles. The first-order chi connectivity index (χ1) is 19.8. The summed E-state index contributed by atoms with van der Waals surface area (Å²) in [7, 11) is 7.03. The van der Waals surface area contributed by atoms with Crippen molar-refractivity contribution in [3.05, 3.63) is 76.8 Å². The number of carbonyl (C=O) groups excluding carboxylic acids is 2. The quantitative estimate of drug-likeness (QED) is 0.400. The van der Waals surface area contributed by atoms with Gasteiger partial charge in [0.05, 0.1) is 32.2 Å². The van der Waals surface area contributed by atoms with Gasteiger partial charge in [-0.2, -0.15) is 0 Å². The van der Waals surface area contributed by atoms with Crippen LogP contribution in [0.5, 0.6) is 11.5 Å². The number of anilines is 2. The molecule has 2 aliphatic heterocycles. The van der Waals surface area contributed by atoms with E-state index in [1.54, 1.807) is 44.4 Å². The molecular weight excluding hydrogens is 542 g/mol. The van der Waals surface area contributed by atoms with Gasteiger partial charge < -0.3 is 24.6 Å². The van der Waals surface area contributed by atoms with E-state index in [0.29, 0.717) is 45.7 Å². The maximum atomic E-state index is 13.3. The van der Waals surface area contributed by atoms with E-state index in [1.807, 2.05) is 42.5 Å². The number of ether oxygens (including phenoxy) is 2. The highest BCUT2D eigenvalue weighted by molar-refractivity contribution is 6.31. The van der Waals surface area contributed by atoms with Gasteiger partial charge in [0.15, 0.2) is 11.5 Å². The van der Waals surface area contributed by atoms with E-state index in [0.717, 1.165) is 37.4 Å². The van der Waals surface area contributed by atoms with Gasteiger partial charge in [-0.15, -0.1) is 0 Å². The molecule has 0 saturated carbocycles. The van der Waals surface area contributed by atoms with Crippen LogP contribution in [0.2, 0.25) is 5.02 Å². The van der Waals surface area contributed by atoms with Gasteiger partial charge in [0.2, 0.25) is 11.8 Å². The Morgan fingerprint density at radius 1 is 1.00 bits per heavy atom. The molecule has 1 unspecified atom stereocenters. The number of fused-ring (bicyclic) bond motifs is 1. The molecule has 1 atom stereocenters.